The maximum absolute atomic E-state index is 10.9. The predicted molar refractivity (Wildman–Crippen MR) is 80.7 cm³/mol. The van der Waals surface area contributed by atoms with Gasteiger partial charge in [0.2, 0.25) is 0 Å². The number of rotatable bonds is 4. The van der Waals surface area contributed by atoms with Gasteiger partial charge in [0.05, 0.1) is 0 Å². The number of carboxylic acids is 1. The Balaban J connectivity index is 1.69. The number of halogens is 1. The molecule has 0 amide bonds. The lowest BCUT2D eigenvalue weighted by molar-refractivity contribution is -0.144. The van der Waals surface area contributed by atoms with E-state index in [4.69, 9.17) is 14.6 Å². The van der Waals surface area contributed by atoms with E-state index in [1.54, 1.807) is 6.07 Å². The third-order valence-electron chi connectivity index (χ3n) is 3.28. The lowest BCUT2D eigenvalue weighted by atomic mass is 10.1. The van der Waals surface area contributed by atoms with Crippen molar-refractivity contribution in [2.45, 2.75) is 19.1 Å². The Bertz CT molecular complexity index is 684. The minimum absolute atomic E-state index is 0.399. The molecule has 1 heterocycles. The molecule has 5 heteroatoms. The summed E-state index contributed by atoms with van der Waals surface area (Å²) in [6, 6.07) is 13.3. The lowest BCUT2D eigenvalue weighted by Gasteiger charge is -2.08. The molecule has 1 N–H and O–H groups in total. The highest BCUT2D eigenvalue weighted by Gasteiger charge is 2.28. The molecule has 0 saturated heterocycles. The van der Waals surface area contributed by atoms with Gasteiger partial charge in [-0.3, -0.25) is 0 Å². The first kappa shape index (κ1) is 13.9. The van der Waals surface area contributed by atoms with E-state index in [9.17, 15) is 4.79 Å². The fraction of sp³-hybridized carbons (Fsp3) is 0.188. The van der Waals surface area contributed by atoms with Crippen LogP contribution in [0, 0.1) is 0 Å². The van der Waals surface area contributed by atoms with Crippen LogP contribution in [0.4, 0.5) is 0 Å². The Kier molecular flexibility index (Phi) is 3.84. The van der Waals surface area contributed by atoms with Crippen molar-refractivity contribution in [2.24, 2.45) is 0 Å². The summed E-state index contributed by atoms with van der Waals surface area (Å²) in [5, 5.41) is 8.97. The van der Waals surface area contributed by atoms with Crippen molar-refractivity contribution < 1.29 is 19.4 Å². The number of hydrogen-bond acceptors (Lipinski definition) is 3. The molecule has 3 rings (SSSR count). The van der Waals surface area contributed by atoms with Crippen LogP contribution in [0.25, 0.3) is 0 Å². The van der Waals surface area contributed by atoms with E-state index in [0.717, 1.165) is 15.6 Å². The van der Waals surface area contributed by atoms with E-state index < -0.39 is 12.1 Å². The largest absolute Gasteiger partial charge is 0.489 e. The topological polar surface area (TPSA) is 55.8 Å². The summed E-state index contributed by atoms with van der Waals surface area (Å²) in [5.74, 6) is 0.316. The van der Waals surface area contributed by atoms with Gasteiger partial charge in [0, 0.05) is 17.0 Å². The molecule has 4 nitrogen and oxygen atoms in total. The molecule has 0 spiro atoms. The summed E-state index contributed by atoms with van der Waals surface area (Å²) < 4.78 is 12.1. The third kappa shape index (κ3) is 3.19. The van der Waals surface area contributed by atoms with E-state index >= 15 is 0 Å². The molecule has 0 bridgehead atoms. The lowest BCUT2D eigenvalue weighted by Crippen LogP contribution is -2.24. The van der Waals surface area contributed by atoms with Crippen molar-refractivity contribution >= 4 is 21.9 Å². The average Bonchev–Trinajstić information content (AvgIpc) is 2.88. The molecule has 1 aliphatic heterocycles. The van der Waals surface area contributed by atoms with E-state index in [0.29, 0.717) is 24.5 Å². The first-order valence-corrected chi connectivity index (χ1v) is 7.31. The molecule has 0 radical (unpaired) electrons. The van der Waals surface area contributed by atoms with Crippen LogP contribution >= 0.6 is 15.9 Å². The zero-order valence-electron chi connectivity index (χ0n) is 11.1. The highest BCUT2D eigenvalue weighted by Crippen LogP contribution is 2.32. The molecule has 1 aliphatic rings. The molecule has 1 atom stereocenters. The normalized spacial score (nSPS) is 16.1. The molecule has 0 aromatic heterocycles. The summed E-state index contributed by atoms with van der Waals surface area (Å²) >= 11 is 3.42. The second-order valence-electron chi connectivity index (χ2n) is 4.84. The predicted octanol–water partition coefficient (Wildman–Crippen LogP) is 3.42. The van der Waals surface area contributed by atoms with E-state index in [2.05, 4.69) is 15.9 Å². The van der Waals surface area contributed by atoms with Crippen LogP contribution in [0.5, 0.6) is 11.5 Å². The van der Waals surface area contributed by atoms with Gasteiger partial charge < -0.3 is 14.6 Å². The molecule has 2 aromatic rings. The van der Waals surface area contributed by atoms with Crippen LogP contribution in [-0.2, 0) is 17.8 Å². The first-order valence-electron chi connectivity index (χ1n) is 6.51. The summed E-state index contributed by atoms with van der Waals surface area (Å²) in [5.41, 5.74) is 1.95. The number of carboxylic acid groups (broad SMARTS) is 1. The Labute approximate surface area is 130 Å². The quantitative estimate of drug-likeness (QED) is 0.919. The number of benzene rings is 2. The van der Waals surface area contributed by atoms with Crippen LogP contribution < -0.4 is 9.47 Å². The highest BCUT2D eigenvalue weighted by atomic mass is 79.9. The van der Waals surface area contributed by atoms with Crippen molar-refractivity contribution in [3.05, 3.63) is 58.1 Å². The zero-order valence-corrected chi connectivity index (χ0v) is 12.7. The SMILES string of the molecule is O=C(O)C1Cc2ccc(OCc3cccc(Br)c3)cc2O1. The van der Waals surface area contributed by atoms with E-state index in [1.165, 1.54) is 0 Å². The van der Waals surface area contributed by atoms with Crippen LogP contribution in [0.1, 0.15) is 11.1 Å². The molecule has 0 aliphatic carbocycles. The molecule has 2 aromatic carbocycles. The molecule has 108 valence electrons. The standard InChI is InChI=1S/C16H13BrO4/c17-12-3-1-2-10(6-12)9-20-13-5-4-11-7-15(16(18)19)21-14(11)8-13/h1-6,8,15H,7,9H2,(H,18,19). The fourth-order valence-corrected chi connectivity index (χ4v) is 2.68. The maximum atomic E-state index is 10.9. The van der Waals surface area contributed by atoms with Crippen molar-refractivity contribution in [3.63, 3.8) is 0 Å². The molecule has 0 saturated carbocycles. The van der Waals surface area contributed by atoms with Gasteiger partial charge >= 0.3 is 5.97 Å². The smallest absolute Gasteiger partial charge is 0.345 e. The highest BCUT2D eigenvalue weighted by molar-refractivity contribution is 9.10. The minimum Gasteiger partial charge on any atom is -0.489 e. The summed E-state index contributed by atoms with van der Waals surface area (Å²) in [6.45, 7) is 0.445. The van der Waals surface area contributed by atoms with Crippen molar-refractivity contribution in [1.29, 1.82) is 0 Å². The van der Waals surface area contributed by atoms with Gasteiger partial charge in [-0.25, -0.2) is 4.79 Å². The van der Waals surface area contributed by atoms with Gasteiger partial charge in [-0.05, 0) is 29.3 Å². The van der Waals surface area contributed by atoms with E-state index in [1.807, 2.05) is 36.4 Å². The summed E-state index contributed by atoms with van der Waals surface area (Å²) in [7, 11) is 0. The molecule has 0 fully saturated rings. The van der Waals surface area contributed by atoms with Crippen LogP contribution in [0.15, 0.2) is 46.9 Å². The minimum atomic E-state index is -0.942. The second kappa shape index (κ2) is 5.77. The molecule has 1 unspecified atom stereocenters. The van der Waals surface area contributed by atoms with Crippen LogP contribution in [-0.4, -0.2) is 17.2 Å². The van der Waals surface area contributed by atoms with Gasteiger partial charge in [0.25, 0.3) is 0 Å². The summed E-state index contributed by atoms with van der Waals surface area (Å²) in [4.78, 5) is 10.9. The number of aliphatic carboxylic acids is 1. The van der Waals surface area contributed by atoms with Crippen molar-refractivity contribution in [3.8, 4) is 11.5 Å². The van der Waals surface area contributed by atoms with Gasteiger partial charge in [0.15, 0.2) is 6.10 Å². The summed E-state index contributed by atoms with van der Waals surface area (Å²) in [6.07, 6.45) is -0.392. The molecular weight excluding hydrogens is 336 g/mol. The van der Waals surface area contributed by atoms with Gasteiger partial charge in [-0.15, -0.1) is 0 Å². The Hall–Kier alpha value is -2.01. The van der Waals surface area contributed by atoms with Crippen LogP contribution in [0.3, 0.4) is 0 Å². The fourth-order valence-electron chi connectivity index (χ4n) is 2.23. The number of fused-ring (bicyclic) bond motifs is 1. The second-order valence-corrected chi connectivity index (χ2v) is 5.75. The Morgan fingerprint density at radius 3 is 2.95 bits per heavy atom. The van der Waals surface area contributed by atoms with E-state index in [-0.39, 0.29) is 0 Å². The Morgan fingerprint density at radius 2 is 2.19 bits per heavy atom. The van der Waals surface area contributed by atoms with Gasteiger partial charge in [0.1, 0.15) is 18.1 Å². The monoisotopic (exact) mass is 348 g/mol. The first-order chi connectivity index (χ1) is 10.1. The number of hydrogen-bond donors (Lipinski definition) is 1. The van der Waals surface area contributed by atoms with Gasteiger partial charge in [-0.2, -0.15) is 0 Å². The van der Waals surface area contributed by atoms with Crippen molar-refractivity contribution in [1.82, 2.24) is 0 Å². The number of carbonyl (C=O) groups is 1. The average molecular weight is 349 g/mol. The van der Waals surface area contributed by atoms with Crippen molar-refractivity contribution in [2.75, 3.05) is 0 Å². The zero-order chi connectivity index (χ0) is 14.8. The van der Waals surface area contributed by atoms with Crippen LogP contribution in [0.2, 0.25) is 0 Å². The Morgan fingerprint density at radius 1 is 1.33 bits per heavy atom. The number of ether oxygens (including phenoxy) is 2. The molecule has 21 heavy (non-hydrogen) atoms. The maximum Gasteiger partial charge on any atom is 0.345 e. The molecular formula is C16H13BrO4. The third-order valence-corrected chi connectivity index (χ3v) is 3.78. The van der Waals surface area contributed by atoms with Gasteiger partial charge in [-0.1, -0.05) is 34.1 Å².